The number of thiophene rings is 1. The maximum Gasteiger partial charge on any atom is 0.176 e. The Bertz CT molecular complexity index is 1960. The number of fused-ring (bicyclic) bond motifs is 4. The number of sulfone groups is 1. The zero-order chi connectivity index (χ0) is 25.1. The molecule has 0 spiro atoms. The Labute approximate surface area is 220 Å². The first kappa shape index (κ1) is 22.5. The van der Waals surface area contributed by atoms with Crippen molar-refractivity contribution >= 4 is 59.6 Å². The first-order valence-corrected chi connectivity index (χ1v) is 15.2. The van der Waals surface area contributed by atoms with Crippen LogP contribution in [0, 0.1) is 0 Å². The van der Waals surface area contributed by atoms with Gasteiger partial charge in [0.05, 0.1) is 9.77 Å². The fourth-order valence-corrected chi connectivity index (χ4v) is 8.35. The van der Waals surface area contributed by atoms with Crippen molar-refractivity contribution in [1.82, 2.24) is 0 Å². The summed E-state index contributed by atoms with van der Waals surface area (Å²) < 4.78 is 26.6. The molecule has 6 aromatic rings. The number of hydrogen-bond acceptors (Lipinski definition) is 3. The highest BCUT2D eigenvalue weighted by Gasteiger charge is 2.26. The second-order valence-electron chi connectivity index (χ2n) is 9.76. The molecular weight excluding hydrogens is 492 g/mol. The molecule has 0 amide bonds. The summed E-state index contributed by atoms with van der Waals surface area (Å²) in [5.74, 6) is 0. The van der Waals surface area contributed by atoms with Crippen LogP contribution in [0.3, 0.4) is 0 Å². The molecule has 1 aromatic heterocycles. The van der Waals surface area contributed by atoms with E-state index in [0.29, 0.717) is 4.90 Å². The monoisotopic (exact) mass is 516 g/mol. The van der Waals surface area contributed by atoms with Crippen molar-refractivity contribution in [3.05, 3.63) is 108 Å². The van der Waals surface area contributed by atoms with Gasteiger partial charge in [-0.05, 0) is 68.4 Å². The minimum atomic E-state index is -3.48. The van der Waals surface area contributed by atoms with Crippen molar-refractivity contribution in [3.8, 4) is 20.9 Å². The highest BCUT2D eigenvalue weighted by atomic mass is 32.2. The van der Waals surface area contributed by atoms with Gasteiger partial charge in [-0.25, -0.2) is 8.42 Å². The predicted octanol–water partition coefficient (Wildman–Crippen LogP) is 8.90. The lowest BCUT2D eigenvalue weighted by atomic mass is 9.88. The molecule has 0 saturated heterocycles. The van der Waals surface area contributed by atoms with E-state index in [2.05, 4.69) is 91.0 Å². The van der Waals surface area contributed by atoms with E-state index < -0.39 is 9.84 Å². The van der Waals surface area contributed by atoms with Gasteiger partial charge in [0.1, 0.15) is 0 Å². The normalized spacial score (nSPS) is 13.4. The van der Waals surface area contributed by atoms with Crippen LogP contribution < -0.4 is 0 Å². The molecule has 0 fully saturated rings. The molecule has 5 aromatic carbocycles. The highest BCUT2D eigenvalue weighted by molar-refractivity contribution is 7.91. The zero-order valence-electron chi connectivity index (χ0n) is 20.4. The molecule has 1 aliphatic carbocycles. The van der Waals surface area contributed by atoms with Crippen LogP contribution in [0.5, 0.6) is 0 Å². The van der Waals surface area contributed by atoms with Crippen molar-refractivity contribution in [2.75, 3.05) is 6.26 Å². The predicted molar refractivity (Wildman–Crippen MR) is 158 cm³/mol. The van der Waals surface area contributed by atoms with Gasteiger partial charge in [0, 0.05) is 22.3 Å². The Morgan fingerprint density at radius 2 is 1.27 bits per heavy atom. The second-order valence-corrected chi connectivity index (χ2v) is 12.8. The number of benzene rings is 5. The van der Waals surface area contributed by atoms with Gasteiger partial charge in [-0.15, -0.1) is 11.3 Å². The second kappa shape index (κ2) is 8.41. The lowest BCUT2D eigenvalue weighted by Gasteiger charge is -2.18. The Kier molecular flexibility index (Phi) is 5.10. The summed E-state index contributed by atoms with van der Waals surface area (Å²) in [5.41, 5.74) is 4.55. The average molecular weight is 517 g/mol. The van der Waals surface area contributed by atoms with E-state index in [9.17, 15) is 8.42 Å². The molecule has 7 rings (SSSR count). The lowest BCUT2D eigenvalue weighted by Crippen LogP contribution is -2.01. The topological polar surface area (TPSA) is 34.1 Å². The maximum absolute atomic E-state index is 13.3. The quantitative estimate of drug-likeness (QED) is 0.220. The first-order chi connectivity index (χ1) is 18.0. The van der Waals surface area contributed by atoms with E-state index in [4.69, 9.17) is 0 Å². The number of aryl methyl sites for hydroxylation is 1. The third-order valence-electron chi connectivity index (χ3n) is 7.38. The first-order valence-electron chi connectivity index (χ1n) is 12.5. The maximum atomic E-state index is 13.3. The fraction of sp³-hybridized carbons (Fsp3) is 0.0909. The molecule has 0 atom stereocenters. The van der Waals surface area contributed by atoms with Crippen molar-refractivity contribution in [3.63, 3.8) is 0 Å². The minimum Gasteiger partial charge on any atom is -0.224 e. The van der Waals surface area contributed by atoms with Crippen LogP contribution in [0.1, 0.15) is 17.5 Å². The van der Waals surface area contributed by atoms with Crippen molar-refractivity contribution in [2.24, 2.45) is 0 Å². The fourth-order valence-electron chi connectivity index (χ4n) is 5.73. The molecule has 1 heterocycles. The minimum absolute atomic E-state index is 0.405. The van der Waals surface area contributed by atoms with E-state index in [0.717, 1.165) is 71.6 Å². The van der Waals surface area contributed by atoms with E-state index in [1.54, 1.807) is 11.3 Å². The van der Waals surface area contributed by atoms with E-state index in [1.807, 2.05) is 12.1 Å². The zero-order valence-corrected chi connectivity index (χ0v) is 22.0. The van der Waals surface area contributed by atoms with Gasteiger partial charge in [-0.1, -0.05) is 91.0 Å². The number of hydrogen-bond donors (Lipinski definition) is 0. The van der Waals surface area contributed by atoms with Crippen LogP contribution in [-0.4, -0.2) is 14.7 Å². The highest BCUT2D eigenvalue weighted by Crippen LogP contribution is 2.48. The Morgan fingerprint density at radius 3 is 1.89 bits per heavy atom. The average Bonchev–Trinajstić information content (AvgIpc) is 3.35. The third kappa shape index (κ3) is 3.63. The van der Waals surface area contributed by atoms with E-state index in [-0.39, 0.29) is 0 Å². The summed E-state index contributed by atoms with van der Waals surface area (Å²) in [6, 6.07) is 31.5. The molecule has 0 saturated carbocycles. The Hall–Kier alpha value is -3.73. The van der Waals surface area contributed by atoms with Gasteiger partial charge in [0.25, 0.3) is 0 Å². The van der Waals surface area contributed by atoms with Crippen molar-refractivity contribution < 1.29 is 8.42 Å². The summed E-state index contributed by atoms with van der Waals surface area (Å²) in [4.78, 5) is 2.21. The van der Waals surface area contributed by atoms with Crippen LogP contribution in [0.2, 0.25) is 0 Å². The SMILES string of the molecule is CS(=O)(=O)c1cc(-c2c3ccccc3cc3ccccc23)sc1-c1c2c(cc3ccccc13)CCC=C2. The van der Waals surface area contributed by atoms with Gasteiger partial charge in [-0.3, -0.25) is 0 Å². The van der Waals surface area contributed by atoms with Gasteiger partial charge in [0.2, 0.25) is 0 Å². The molecular formula is C33H24O2S2. The molecule has 0 aliphatic heterocycles. The lowest BCUT2D eigenvalue weighted by molar-refractivity contribution is 0.602. The molecule has 0 bridgehead atoms. The molecule has 37 heavy (non-hydrogen) atoms. The smallest absolute Gasteiger partial charge is 0.176 e. The molecule has 0 N–H and O–H groups in total. The van der Waals surface area contributed by atoms with Crippen LogP contribution in [-0.2, 0) is 16.3 Å². The summed E-state index contributed by atoms with van der Waals surface area (Å²) in [6.45, 7) is 0. The number of allylic oxidation sites excluding steroid dienone is 1. The summed E-state index contributed by atoms with van der Waals surface area (Å²) in [7, 11) is -3.48. The summed E-state index contributed by atoms with van der Waals surface area (Å²) in [6.07, 6.45) is 7.68. The summed E-state index contributed by atoms with van der Waals surface area (Å²) in [5, 5.41) is 6.81. The van der Waals surface area contributed by atoms with Gasteiger partial charge in [0.15, 0.2) is 9.84 Å². The Morgan fingerprint density at radius 1 is 0.703 bits per heavy atom. The van der Waals surface area contributed by atoms with Crippen LogP contribution in [0.25, 0.3) is 59.3 Å². The molecule has 0 unspecified atom stereocenters. The standard InChI is InChI=1S/C33H24O2S2/c1-37(34,35)30-20-29(31-25-14-6-2-10-21(25)18-22-11-3-7-15-26(22)31)36-33(30)32-27-16-8-4-12-23(27)19-24-13-5-9-17-28(24)32/h2-4,6-12,14-20H,5,13H2,1H3. The third-order valence-corrected chi connectivity index (χ3v) is 9.80. The molecule has 1 aliphatic rings. The Balaban J connectivity index is 1.62. The van der Waals surface area contributed by atoms with Gasteiger partial charge >= 0.3 is 0 Å². The molecule has 4 heteroatoms. The van der Waals surface area contributed by atoms with Crippen molar-refractivity contribution in [2.45, 2.75) is 17.7 Å². The molecule has 2 nitrogen and oxygen atoms in total. The van der Waals surface area contributed by atoms with Crippen LogP contribution >= 0.6 is 11.3 Å². The van der Waals surface area contributed by atoms with E-state index in [1.165, 1.54) is 11.8 Å². The summed E-state index contributed by atoms with van der Waals surface area (Å²) >= 11 is 1.60. The van der Waals surface area contributed by atoms with Crippen molar-refractivity contribution in [1.29, 1.82) is 0 Å². The molecule has 0 radical (unpaired) electrons. The molecule has 180 valence electrons. The number of rotatable bonds is 3. The van der Waals surface area contributed by atoms with E-state index >= 15 is 0 Å². The van der Waals surface area contributed by atoms with Crippen LogP contribution in [0.15, 0.2) is 102 Å². The van der Waals surface area contributed by atoms with Gasteiger partial charge in [-0.2, -0.15) is 0 Å². The largest absolute Gasteiger partial charge is 0.224 e. The van der Waals surface area contributed by atoms with Gasteiger partial charge < -0.3 is 0 Å². The van der Waals surface area contributed by atoms with Crippen LogP contribution in [0.4, 0.5) is 0 Å².